The molecule has 3 heterocycles. The first-order chi connectivity index (χ1) is 12.1. The highest BCUT2D eigenvalue weighted by atomic mass is 16.5. The molecule has 0 amide bonds. The second-order valence-electron chi connectivity index (χ2n) is 6.53. The Balaban J connectivity index is 1.50. The smallest absolute Gasteiger partial charge is 0.200 e. The summed E-state index contributed by atoms with van der Waals surface area (Å²) in [6, 6.07) is 9.80. The van der Waals surface area contributed by atoms with Crippen LogP contribution >= 0.6 is 0 Å². The van der Waals surface area contributed by atoms with Crippen LogP contribution in [0.4, 0.5) is 5.69 Å². The zero-order chi connectivity index (χ0) is 17.4. The Morgan fingerprint density at radius 3 is 2.72 bits per heavy atom. The number of rotatable bonds is 5. The predicted molar refractivity (Wildman–Crippen MR) is 94.5 cm³/mol. The number of aromatic nitrogens is 4. The number of hydrogen-bond acceptors (Lipinski definition) is 6. The minimum absolute atomic E-state index is 0.144. The van der Waals surface area contributed by atoms with Gasteiger partial charge in [-0.15, -0.1) is 10.2 Å². The van der Waals surface area contributed by atoms with Gasteiger partial charge in [0.25, 0.3) is 0 Å². The van der Waals surface area contributed by atoms with Crippen molar-refractivity contribution in [2.75, 3.05) is 25.1 Å². The number of fused-ring (bicyclic) bond motifs is 1. The zero-order valence-corrected chi connectivity index (χ0v) is 14.6. The third-order valence-corrected chi connectivity index (χ3v) is 4.39. The summed E-state index contributed by atoms with van der Waals surface area (Å²) < 4.78 is 13.0. The molecule has 0 aliphatic carbocycles. The monoisotopic (exact) mass is 339 g/mol. The second kappa shape index (κ2) is 6.23. The minimum Gasteiger partial charge on any atom is -0.497 e. The summed E-state index contributed by atoms with van der Waals surface area (Å²) in [5.41, 5.74) is 2.87. The summed E-state index contributed by atoms with van der Waals surface area (Å²) in [5, 5.41) is 12.8. The van der Waals surface area contributed by atoms with E-state index in [1.807, 2.05) is 24.3 Å². The lowest BCUT2D eigenvalue weighted by Crippen LogP contribution is -2.54. The number of ether oxygens (including phenoxy) is 2. The van der Waals surface area contributed by atoms with Crippen LogP contribution in [0.15, 0.2) is 36.7 Å². The average Bonchev–Trinajstić information content (AvgIpc) is 3.06. The van der Waals surface area contributed by atoms with Crippen LogP contribution in [0.3, 0.4) is 0 Å². The maximum atomic E-state index is 6.04. The summed E-state index contributed by atoms with van der Waals surface area (Å²) in [4.78, 5) is 2.25. The second-order valence-corrected chi connectivity index (χ2v) is 6.53. The molecule has 3 aromatic rings. The number of benzene rings is 1. The molecule has 7 nitrogen and oxygen atoms in total. The molecule has 1 saturated heterocycles. The van der Waals surface area contributed by atoms with Crippen LogP contribution in [-0.2, 0) is 0 Å². The third-order valence-electron chi connectivity index (χ3n) is 4.39. The molecule has 1 aromatic carbocycles. The molecule has 130 valence electrons. The van der Waals surface area contributed by atoms with Gasteiger partial charge in [-0.05, 0) is 24.1 Å². The van der Waals surface area contributed by atoms with Crippen molar-refractivity contribution in [1.82, 2.24) is 19.8 Å². The summed E-state index contributed by atoms with van der Waals surface area (Å²) in [5.74, 6) is 1.97. The molecule has 25 heavy (non-hydrogen) atoms. The highest BCUT2D eigenvalue weighted by molar-refractivity contribution is 5.69. The van der Waals surface area contributed by atoms with Gasteiger partial charge in [-0.25, -0.2) is 0 Å². The Hall–Kier alpha value is -2.83. The van der Waals surface area contributed by atoms with E-state index >= 15 is 0 Å². The Morgan fingerprint density at radius 1 is 1.16 bits per heavy atom. The van der Waals surface area contributed by atoms with Crippen LogP contribution in [0.5, 0.6) is 11.5 Å². The van der Waals surface area contributed by atoms with Crippen molar-refractivity contribution in [3.8, 4) is 11.5 Å². The number of hydrogen-bond donors (Lipinski definition) is 0. The van der Waals surface area contributed by atoms with Crippen LogP contribution in [0.25, 0.3) is 5.65 Å². The first-order valence-corrected chi connectivity index (χ1v) is 8.40. The molecular weight excluding hydrogens is 318 g/mol. The molecular formula is C18H21N5O2. The molecule has 0 radical (unpaired) electrons. The standard InChI is InChI=1S/C18H21N5O2/c1-12(2)16-8-17(18-20-19-11-23(18)21-16)22-9-15(10-22)25-14-6-4-5-13(7-14)24-3/h4-8,11-12,15H,9-10H2,1-3H3. The van der Waals surface area contributed by atoms with Crippen LogP contribution in [-0.4, -0.2) is 46.1 Å². The summed E-state index contributed by atoms with van der Waals surface area (Å²) >= 11 is 0. The van der Waals surface area contributed by atoms with Gasteiger partial charge in [-0.3, -0.25) is 0 Å². The molecule has 0 bridgehead atoms. The first kappa shape index (κ1) is 15.7. The normalized spacial score (nSPS) is 14.8. The molecule has 0 unspecified atom stereocenters. The van der Waals surface area contributed by atoms with E-state index in [2.05, 4.69) is 40.1 Å². The number of nitrogens with zero attached hydrogens (tertiary/aromatic N) is 5. The molecule has 1 aliphatic rings. The molecule has 0 N–H and O–H groups in total. The van der Waals surface area contributed by atoms with Crippen molar-refractivity contribution in [1.29, 1.82) is 0 Å². The van der Waals surface area contributed by atoms with E-state index in [4.69, 9.17) is 9.47 Å². The lowest BCUT2D eigenvalue weighted by Gasteiger charge is -2.40. The Kier molecular flexibility index (Phi) is 3.91. The molecule has 4 rings (SSSR count). The van der Waals surface area contributed by atoms with Crippen molar-refractivity contribution < 1.29 is 9.47 Å². The summed E-state index contributed by atoms with van der Waals surface area (Å²) in [6.07, 6.45) is 1.79. The fourth-order valence-electron chi connectivity index (χ4n) is 2.92. The van der Waals surface area contributed by atoms with E-state index in [0.717, 1.165) is 41.6 Å². The van der Waals surface area contributed by atoms with E-state index in [1.165, 1.54) is 0 Å². The van der Waals surface area contributed by atoms with Crippen LogP contribution < -0.4 is 14.4 Å². The molecule has 0 atom stereocenters. The van der Waals surface area contributed by atoms with Gasteiger partial charge in [0, 0.05) is 6.07 Å². The Bertz CT molecular complexity index is 886. The maximum absolute atomic E-state index is 6.04. The number of methoxy groups -OCH3 is 1. The highest BCUT2D eigenvalue weighted by Crippen LogP contribution is 2.29. The molecule has 7 heteroatoms. The lowest BCUT2D eigenvalue weighted by atomic mass is 10.1. The lowest BCUT2D eigenvalue weighted by molar-refractivity contribution is 0.167. The van der Waals surface area contributed by atoms with E-state index in [1.54, 1.807) is 18.0 Å². The van der Waals surface area contributed by atoms with Crippen molar-refractivity contribution in [2.45, 2.75) is 25.9 Å². The highest BCUT2D eigenvalue weighted by Gasteiger charge is 2.31. The third kappa shape index (κ3) is 2.97. The molecule has 0 saturated carbocycles. The van der Waals surface area contributed by atoms with Gasteiger partial charge in [0.1, 0.15) is 23.9 Å². The first-order valence-electron chi connectivity index (χ1n) is 8.40. The van der Waals surface area contributed by atoms with Crippen LogP contribution in [0.2, 0.25) is 0 Å². The average molecular weight is 339 g/mol. The van der Waals surface area contributed by atoms with Crippen LogP contribution in [0, 0.1) is 0 Å². The minimum atomic E-state index is 0.144. The van der Waals surface area contributed by atoms with Gasteiger partial charge in [-0.1, -0.05) is 19.9 Å². The van der Waals surface area contributed by atoms with Crippen molar-refractivity contribution >= 4 is 11.3 Å². The van der Waals surface area contributed by atoms with E-state index in [-0.39, 0.29) is 6.10 Å². The van der Waals surface area contributed by atoms with E-state index in [9.17, 15) is 0 Å². The van der Waals surface area contributed by atoms with E-state index < -0.39 is 0 Å². The van der Waals surface area contributed by atoms with Gasteiger partial charge >= 0.3 is 0 Å². The van der Waals surface area contributed by atoms with E-state index in [0.29, 0.717) is 5.92 Å². The fraction of sp³-hybridized carbons (Fsp3) is 0.389. The summed E-state index contributed by atoms with van der Waals surface area (Å²) in [7, 11) is 1.66. The van der Waals surface area contributed by atoms with Gasteiger partial charge in [-0.2, -0.15) is 9.61 Å². The quantitative estimate of drug-likeness (QED) is 0.712. The van der Waals surface area contributed by atoms with Gasteiger partial charge < -0.3 is 14.4 Å². The Labute approximate surface area is 146 Å². The van der Waals surface area contributed by atoms with Gasteiger partial charge in [0.2, 0.25) is 5.65 Å². The van der Waals surface area contributed by atoms with Gasteiger partial charge in [0.15, 0.2) is 0 Å². The number of anilines is 1. The topological polar surface area (TPSA) is 64.8 Å². The van der Waals surface area contributed by atoms with Crippen molar-refractivity contribution in [3.63, 3.8) is 0 Å². The predicted octanol–water partition coefficient (Wildman–Crippen LogP) is 2.52. The van der Waals surface area contributed by atoms with Crippen molar-refractivity contribution in [3.05, 3.63) is 42.4 Å². The molecule has 2 aromatic heterocycles. The fourth-order valence-corrected chi connectivity index (χ4v) is 2.92. The van der Waals surface area contributed by atoms with Crippen LogP contribution in [0.1, 0.15) is 25.5 Å². The largest absolute Gasteiger partial charge is 0.497 e. The summed E-state index contributed by atoms with van der Waals surface area (Å²) in [6.45, 7) is 5.88. The molecule has 1 fully saturated rings. The Morgan fingerprint density at radius 2 is 1.96 bits per heavy atom. The SMILES string of the molecule is COc1cccc(OC2CN(c3cc(C(C)C)nn4cnnc34)C2)c1. The van der Waals surface area contributed by atoms with Crippen molar-refractivity contribution in [2.24, 2.45) is 0 Å². The maximum Gasteiger partial charge on any atom is 0.200 e. The molecule has 1 aliphatic heterocycles. The van der Waals surface area contributed by atoms with Gasteiger partial charge in [0.05, 0.1) is 31.6 Å². The zero-order valence-electron chi connectivity index (χ0n) is 14.6. The molecule has 0 spiro atoms.